The van der Waals surface area contributed by atoms with E-state index in [1.807, 2.05) is 0 Å². The van der Waals surface area contributed by atoms with E-state index in [-0.39, 0.29) is 11.7 Å². The Hall–Kier alpha value is -1.99. The zero-order valence-corrected chi connectivity index (χ0v) is 12.3. The molecule has 0 radical (unpaired) electrons. The molecule has 0 spiro atoms. The first-order valence-corrected chi connectivity index (χ1v) is 7.53. The van der Waals surface area contributed by atoms with Gasteiger partial charge in [0.15, 0.2) is 0 Å². The number of hydrogen-bond donors (Lipinski definition) is 3. The molecule has 1 aromatic carbocycles. The van der Waals surface area contributed by atoms with E-state index in [1.54, 1.807) is 17.6 Å². The Balaban J connectivity index is 2.02. The van der Waals surface area contributed by atoms with E-state index in [1.165, 1.54) is 18.6 Å². The fourth-order valence-corrected chi connectivity index (χ4v) is 2.85. The molecule has 1 atom stereocenters. The second-order valence-electron chi connectivity index (χ2n) is 5.66. The maximum Gasteiger partial charge on any atom is 0.269 e. The molecule has 3 N–H and O–H groups in total. The fourth-order valence-electron chi connectivity index (χ4n) is 2.85. The van der Waals surface area contributed by atoms with Gasteiger partial charge in [0.05, 0.1) is 11.0 Å². The van der Waals surface area contributed by atoms with Crippen LogP contribution in [0.2, 0.25) is 0 Å². The average molecular weight is 307 g/mol. The largest absolute Gasteiger partial charge is 0.303 e. The minimum atomic E-state index is -0.547. The number of benzene rings is 1. The van der Waals surface area contributed by atoms with Crippen molar-refractivity contribution >= 4 is 11.6 Å². The number of carbonyl (C=O) groups excluding carboxylic acids is 1. The smallest absolute Gasteiger partial charge is 0.269 e. The molecule has 0 aromatic heterocycles. The number of amides is 1. The monoisotopic (exact) mass is 307 g/mol. The summed E-state index contributed by atoms with van der Waals surface area (Å²) in [5.41, 5.74) is 2.52. The molecular weight excluding hydrogens is 286 g/mol. The number of non-ortho nitro benzene ring substituents is 1. The predicted octanol–water partition coefficient (Wildman–Crippen LogP) is 1.93. The van der Waals surface area contributed by atoms with Crippen molar-refractivity contribution in [3.8, 4) is 0 Å². The first-order chi connectivity index (χ1) is 10.6. The summed E-state index contributed by atoms with van der Waals surface area (Å²) in [6.07, 6.45) is 5.93. The lowest BCUT2D eigenvalue weighted by Crippen LogP contribution is -2.49. The molecule has 22 heavy (non-hydrogen) atoms. The first kappa shape index (κ1) is 16.4. The molecule has 1 aromatic rings. The molecular formula is C15H21N3O4. The van der Waals surface area contributed by atoms with E-state index in [0.717, 1.165) is 31.2 Å². The average Bonchev–Trinajstić information content (AvgIpc) is 2.55. The number of nitro benzene ring substituents is 1. The Morgan fingerprint density at radius 2 is 1.91 bits per heavy atom. The first-order valence-electron chi connectivity index (χ1n) is 7.53. The van der Waals surface area contributed by atoms with Gasteiger partial charge in [-0.2, -0.15) is 0 Å². The molecule has 1 fully saturated rings. The highest BCUT2D eigenvalue weighted by atomic mass is 16.6. The minimum absolute atomic E-state index is 0.0205. The molecule has 0 bridgehead atoms. The standard InChI is InChI=1S/C15H21N3O4/c19-15(17-20)14(16-12-4-2-1-3-5-12)10-11-6-8-13(9-7-11)18(21)22/h6-9,12,14,16,20H,1-5,10H2,(H,17,19). The van der Waals surface area contributed by atoms with Crippen molar-refractivity contribution in [3.05, 3.63) is 39.9 Å². The number of carbonyl (C=O) groups is 1. The maximum atomic E-state index is 11.8. The van der Waals surface area contributed by atoms with Gasteiger partial charge in [-0.15, -0.1) is 0 Å². The second-order valence-corrected chi connectivity index (χ2v) is 5.66. The number of hydrogen-bond acceptors (Lipinski definition) is 5. The highest BCUT2D eigenvalue weighted by molar-refractivity contribution is 5.81. The van der Waals surface area contributed by atoms with Crippen LogP contribution in [-0.4, -0.2) is 28.1 Å². The summed E-state index contributed by atoms with van der Waals surface area (Å²) in [6.45, 7) is 0. The fraction of sp³-hybridized carbons (Fsp3) is 0.533. The minimum Gasteiger partial charge on any atom is -0.303 e. The highest BCUT2D eigenvalue weighted by Gasteiger charge is 2.23. The molecule has 0 aliphatic heterocycles. The number of nitrogens with zero attached hydrogens (tertiary/aromatic N) is 1. The van der Waals surface area contributed by atoms with Crippen LogP contribution in [0.15, 0.2) is 24.3 Å². The molecule has 1 aliphatic carbocycles. The summed E-state index contributed by atoms with van der Waals surface area (Å²) in [5.74, 6) is -0.482. The van der Waals surface area contributed by atoms with Crippen LogP contribution in [0.1, 0.15) is 37.7 Å². The number of nitro groups is 1. The molecule has 0 heterocycles. The molecule has 0 saturated heterocycles. The summed E-state index contributed by atoms with van der Waals surface area (Å²) < 4.78 is 0. The topological polar surface area (TPSA) is 104 Å². The van der Waals surface area contributed by atoms with Gasteiger partial charge in [-0.25, -0.2) is 5.48 Å². The molecule has 1 unspecified atom stereocenters. The Morgan fingerprint density at radius 1 is 1.27 bits per heavy atom. The summed E-state index contributed by atoms with van der Waals surface area (Å²) in [6, 6.07) is 5.84. The maximum absolute atomic E-state index is 11.8. The number of rotatable bonds is 6. The summed E-state index contributed by atoms with van der Waals surface area (Å²) in [5, 5.41) is 22.8. The van der Waals surface area contributed by atoms with Gasteiger partial charge < -0.3 is 5.32 Å². The van der Waals surface area contributed by atoms with E-state index in [2.05, 4.69) is 5.32 Å². The quantitative estimate of drug-likeness (QED) is 0.423. The third kappa shape index (κ3) is 4.51. The molecule has 2 rings (SSSR count). The summed E-state index contributed by atoms with van der Waals surface area (Å²) in [7, 11) is 0. The van der Waals surface area contributed by atoms with Crippen LogP contribution in [0.3, 0.4) is 0 Å². The van der Waals surface area contributed by atoms with Gasteiger partial charge in [0, 0.05) is 18.2 Å². The van der Waals surface area contributed by atoms with E-state index >= 15 is 0 Å². The number of hydroxylamine groups is 1. The summed E-state index contributed by atoms with van der Waals surface area (Å²) in [4.78, 5) is 22.0. The van der Waals surface area contributed by atoms with Crippen LogP contribution >= 0.6 is 0 Å². The Morgan fingerprint density at radius 3 is 2.45 bits per heavy atom. The van der Waals surface area contributed by atoms with E-state index in [9.17, 15) is 14.9 Å². The Labute approximate surface area is 128 Å². The molecule has 120 valence electrons. The normalized spacial score (nSPS) is 17.0. The zero-order chi connectivity index (χ0) is 15.9. The van der Waals surface area contributed by atoms with Crippen molar-refractivity contribution in [2.75, 3.05) is 0 Å². The van der Waals surface area contributed by atoms with Crippen molar-refractivity contribution < 1.29 is 14.9 Å². The molecule has 1 amide bonds. The van der Waals surface area contributed by atoms with Gasteiger partial charge in [0.1, 0.15) is 0 Å². The van der Waals surface area contributed by atoms with Gasteiger partial charge in [-0.05, 0) is 24.8 Å². The molecule has 1 aliphatic rings. The SMILES string of the molecule is O=C(NO)C(Cc1ccc([N+](=O)[O-])cc1)NC1CCCCC1. The third-order valence-corrected chi connectivity index (χ3v) is 4.06. The van der Waals surface area contributed by atoms with Crippen LogP contribution in [0.4, 0.5) is 5.69 Å². The van der Waals surface area contributed by atoms with E-state index in [4.69, 9.17) is 5.21 Å². The van der Waals surface area contributed by atoms with Gasteiger partial charge in [0.25, 0.3) is 11.6 Å². The van der Waals surface area contributed by atoms with Crippen molar-refractivity contribution in [3.63, 3.8) is 0 Å². The lowest BCUT2D eigenvalue weighted by Gasteiger charge is -2.27. The Bertz CT molecular complexity index is 512. The van der Waals surface area contributed by atoms with Crippen LogP contribution in [0.25, 0.3) is 0 Å². The lowest BCUT2D eigenvalue weighted by molar-refractivity contribution is -0.384. The predicted molar refractivity (Wildman–Crippen MR) is 80.5 cm³/mol. The second kappa shape index (κ2) is 7.86. The van der Waals surface area contributed by atoms with Gasteiger partial charge in [-0.3, -0.25) is 20.1 Å². The molecule has 7 nitrogen and oxygen atoms in total. The third-order valence-electron chi connectivity index (χ3n) is 4.06. The van der Waals surface area contributed by atoms with Crippen molar-refractivity contribution in [1.82, 2.24) is 10.8 Å². The van der Waals surface area contributed by atoms with Crippen LogP contribution in [-0.2, 0) is 11.2 Å². The molecule has 1 saturated carbocycles. The van der Waals surface area contributed by atoms with Gasteiger partial charge in [0.2, 0.25) is 0 Å². The Kier molecular flexibility index (Phi) is 5.85. The van der Waals surface area contributed by atoms with Crippen LogP contribution < -0.4 is 10.8 Å². The van der Waals surface area contributed by atoms with E-state index in [0.29, 0.717) is 6.42 Å². The van der Waals surface area contributed by atoms with E-state index < -0.39 is 16.9 Å². The summed E-state index contributed by atoms with van der Waals surface area (Å²) >= 11 is 0. The lowest BCUT2D eigenvalue weighted by atomic mass is 9.94. The van der Waals surface area contributed by atoms with Crippen molar-refractivity contribution in [2.24, 2.45) is 0 Å². The van der Waals surface area contributed by atoms with Crippen molar-refractivity contribution in [2.45, 2.75) is 50.6 Å². The van der Waals surface area contributed by atoms with Gasteiger partial charge >= 0.3 is 0 Å². The van der Waals surface area contributed by atoms with Crippen LogP contribution in [0.5, 0.6) is 0 Å². The number of nitrogens with one attached hydrogen (secondary N) is 2. The van der Waals surface area contributed by atoms with Crippen molar-refractivity contribution in [1.29, 1.82) is 0 Å². The molecule has 7 heteroatoms. The van der Waals surface area contributed by atoms with Gasteiger partial charge in [-0.1, -0.05) is 31.4 Å². The zero-order valence-electron chi connectivity index (χ0n) is 12.3. The highest BCUT2D eigenvalue weighted by Crippen LogP contribution is 2.19. The van der Waals surface area contributed by atoms with Crippen LogP contribution in [0, 0.1) is 10.1 Å².